The van der Waals surface area contributed by atoms with Gasteiger partial charge < -0.3 is 82.3 Å². The number of rotatable bonds is 14. The van der Waals surface area contributed by atoms with Crippen LogP contribution < -0.4 is 96.4 Å². The molecule has 14 aromatic carbocycles. The minimum Gasteiger partial charge on any atom is -0.850 e. The van der Waals surface area contributed by atoms with Gasteiger partial charge in [0.05, 0.1) is 87.5 Å². The molecule has 0 saturated heterocycles. The fraction of sp³-hybridized carbons (Fsp3) is 0.0833. The van der Waals surface area contributed by atoms with Crippen LogP contribution in [-0.2, 0) is 20.4 Å². The number of hydrogen-bond acceptors (Lipinski definition) is 18. The van der Waals surface area contributed by atoms with Crippen molar-refractivity contribution in [3.05, 3.63) is 404 Å². The molecule has 0 amide bonds. The molecule has 0 atom stereocenters. The number of nitrogen functional groups attached to an aromatic ring is 4. The van der Waals surface area contributed by atoms with Crippen molar-refractivity contribution in [3.63, 3.8) is 0 Å². The smallest absolute Gasteiger partial charge is 0.850 e. The van der Waals surface area contributed by atoms with Crippen LogP contribution >= 0.6 is 15.9 Å². The second kappa shape index (κ2) is 52.4. The molecule has 0 unspecified atom stereocenters. The monoisotopic (exact) mass is 2030 g/mol. The van der Waals surface area contributed by atoms with Crippen LogP contribution in [0.5, 0.6) is 0 Å². The number of nitrogens with two attached hydrogens (primary N) is 6. The second-order valence-electron chi connectivity index (χ2n) is 31.9. The van der Waals surface area contributed by atoms with E-state index in [0.29, 0.717) is 79.1 Å². The van der Waals surface area contributed by atoms with Gasteiger partial charge in [-0.25, -0.2) is 29.5 Å². The first-order valence-electron chi connectivity index (χ1n) is 42.0. The van der Waals surface area contributed by atoms with Crippen LogP contribution in [0, 0.1) is 95.2 Å². The van der Waals surface area contributed by atoms with E-state index in [-0.39, 0.29) is 103 Å². The summed E-state index contributed by atoms with van der Waals surface area (Å²) in [5, 5.41) is 83.7. The van der Waals surface area contributed by atoms with Crippen molar-refractivity contribution in [1.29, 1.82) is 21.3 Å². The molecule has 3 aromatic heterocycles. The van der Waals surface area contributed by atoms with Crippen LogP contribution in [0.3, 0.4) is 0 Å². The molecule has 28 nitrogen and oxygen atoms in total. The Hall–Kier alpha value is -15.9. The summed E-state index contributed by atoms with van der Waals surface area (Å²) in [5.74, 6) is 2.52. The number of hydrogen-bond donors (Lipinski definition) is 15. The van der Waals surface area contributed by atoms with E-state index in [1.165, 1.54) is 24.3 Å². The van der Waals surface area contributed by atoms with Crippen molar-refractivity contribution in [2.75, 3.05) is 11.5 Å². The Kier molecular flexibility index (Phi) is 41.6. The van der Waals surface area contributed by atoms with Gasteiger partial charge in [-0.2, -0.15) is 10.5 Å². The molecule has 0 aliphatic carbocycles. The topological polar surface area (TPSA) is 513 Å². The third kappa shape index (κ3) is 30.8. The third-order valence-electron chi connectivity index (χ3n) is 20.8. The number of nitriles is 2. The molecule has 17 rings (SSSR count). The molecule has 0 bridgehead atoms. The third-order valence-corrected chi connectivity index (χ3v) is 21.6. The van der Waals surface area contributed by atoms with E-state index >= 15 is 0 Å². The van der Waals surface area contributed by atoms with E-state index in [1.807, 2.05) is 217 Å². The van der Waals surface area contributed by atoms with Crippen molar-refractivity contribution in [2.24, 2.45) is 33.2 Å². The molecule has 0 aliphatic heterocycles. The molecule has 3 heterocycles. The van der Waals surface area contributed by atoms with Crippen LogP contribution in [0.1, 0.15) is 103 Å². The molecule has 32 heteroatoms. The van der Waals surface area contributed by atoms with Crippen molar-refractivity contribution in [1.82, 2.24) is 29.9 Å². The first kappa shape index (κ1) is 111. The molecular formula is C108H97BBrKN21O7Pd-. The van der Waals surface area contributed by atoms with Gasteiger partial charge >= 0.3 is 58.5 Å². The number of fused-ring (bicyclic) bond motifs is 3. The van der Waals surface area contributed by atoms with Gasteiger partial charge in [0.25, 0.3) is 0 Å². The van der Waals surface area contributed by atoms with Crippen molar-refractivity contribution < 1.29 is 107 Å². The molecule has 698 valence electrons. The van der Waals surface area contributed by atoms with E-state index in [9.17, 15) is 14.7 Å². The predicted octanol–water partition coefficient (Wildman–Crippen LogP) is 17.6. The van der Waals surface area contributed by atoms with E-state index in [1.54, 1.807) is 81.4 Å². The first-order chi connectivity index (χ1) is 65.5. The summed E-state index contributed by atoms with van der Waals surface area (Å²) in [5.41, 5.74) is 62.8. The Bertz CT molecular complexity index is 7510. The molecule has 0 spiro atoms. The van der Waals surface area contributed by atoms with E-state index in [4.69, 9.17) is 95.9 Å². The number of carbonyl (C=O) groups is 2. The molecule has 17 aromatic rings. The maximum absolute atomic E-state index is 10.6. The standard InChI is InChI=1S/C22H20N6O2.C22H20N6.C22H14N4.C15H11NO.C8H6BrN.C7H7BO3.C7H7N3.C4H9O.CH3.K.Pd/c1-12-10-15(20(23)27-29)6-8-17(12)13-2-4-14(5-3-13)22-25-18-9-7-16(21(24)28-30)11-19(18)26-22;1-12-10-15(20(23)24)6-8-17(12)13-2-4-14(5-3-13)22-27-18-9-7-16(21(25)26)11-19(18)28-22;1-14-11-18(24-2)8-9-19(14)16-4-6-17(7-5-16)22-25-20-10-3-15(13-23)12-21(20)26-22;1-11-9-14(16-2)7-8-15(11)13-5-3-12(10-17)4-6-13;1-6-5-7(10-2)3-4-8(6)9;9-5-6-1-3-7(4-2-6)8(10)11;8-4-5-1-2-6(9)7(10)3-5;1-4(2,3)5;;;/h2-11,29-30H,1H3,(H2,23,27)(H2,24,28)(H,25,26);2-11H,1H3,(H3,23,24)(H3,25,26)(H,27,28);3-12H,1H3,(H,25,26);3-10H,1H3;3-5H,1H3;1-5,10-11H;1-3H,9-10H2;1-3H3;1H3;;/q;;;;;;;2*-1;+1;. The SMILES string of the molecule is CC(C)(C)[O-].Cc1cc(/C(N)=N\O)ccc1-c1ccc(-c2nc3ccc(/C(N)=N/O)cc3[nH]2)cc1.Cc1cc(C(=N)N)ccc1-c1ccc(-c2nc3ccc(C(=N)N)cc3[nH]2)cc1.N#Cc1ccc(N)c(N)c1.O=Cc1ccc(B(O)O)cc1.[C-]#[N+]c1ccc(-c2ccc(-c3nc4ccc(C#N)cc4[nH]3)cc2)c(C)c1.[C-]#[N+]c1ccc(-c2ccc(C=O)cc2)c(C)c1.[C-]#[N+]c1ccc(Br)c(C)c1.[CH3-].[K+].[Pd]. The fourth-order valence-corrected chi connectivity index (χ4v) is 13.8. The number of amidine groups is 4. The maximum Gasteiger partial charge on any atom is 1.00 e. The summed E-state index contributed by atoms with van der Waals surface area (Å²) >= 11 is 3.36. The molecule has 0 saturated carbocycles. The zero-order chi connectivity index (χ0) is 99.3. The van der Waals surface area contributed by atoms with E-state index in [2.05, 4.69) is 101 Å². The van der Waals surface area contributed by atoms with Crippen molar-refractivity contribution in [3.8, 4) is 90.8 Å². The Morgan fingerprint density at radius 1 is 0.429 bits per heavy atom. The minimum atomic E-state index is -1.46. The van der Waals surface area contributed by atoms with Gasteiger partial charge in [-0.15, -0.1) is 5.60 Å². The van der Waals surface area contributed by atoms with E-state index in [0.717, 1.165) is 156 Å². The van der Waals surface area contributed by atoms with Crippen LogP contribution in [-0.4, -0.2) is 99.0 Å². The maximum atomic E-state index is 10.6. The summed E-state index contributed by atoms with van der Waals surface area (Å²) in [7, 11) is -1.46. The Labute approximate surface area is 876 Å². The molecule has 140 heavy (non-hydrogen) atoms. The van der Waals surface area contributed by atoms with Gasteiger partial charge in [0.1, 0.15) is 41.7 Å². The number of aromatic nitrogens is 6. The zero-order valence-corrected chi connectivity index (χ0v) is 84.3. The predicted molar refractivity (Wildman–Crippen MR) is 554 cm³/mol. The van der Waals surface area contributed by atoms with Crippen LogP contribution in [0.25, 0.3) is 126 Å². The van der Waals surface area contributed by atoms with Gasteiger partial charge in [0, 0.05) is 75.0 Å². The summed E-state index contributed by atoms with van der Waals surface area (Å²) in [6.45, 7) is 35.6. The van der Waals surface area contributed by atoms with Gasteiger partial charge in [-0.3, -0.25) is 20.4 Å². The molecule has 0 fully saturated rings. The summed E-state index contributed by atoms with van der Waals surface area (Å²) in [4.78, 5) is 54.6. The molecule has 0 aliphatic rings. The number of nitrogens with zero attached hydrogens (tertiary/aromatic N) is 10. The zero-order valence-electron chi connectivity index (χ0n) is 78.0. The number of carbonyl (C=O) groups excluding carboxylic acids is 2. The number of halogens is 1. The minimum absolute atomic E-state index is 0. The number of benzene rings is 14. The quantitative estimate of drug-likeness (QED) is 0.00703. The van der Waals surface area contributed by atoms with Crippen LogP contribution in [0.2, 0.25) is 0 Å². The Balaban J connectivity index is 0.000000227. The van der Waals surface area contributed by atoms with Crippen molar-refractivity contribution >= 4 is 126 Å². The molecule has 21 N–H and O–H groups in total. The summed E-state index contributed by atoms with van der Waals surface area (Å²) in [6, 6.07) is 91.4. The van der Waals surface area contributed by atoms with Gasteiger partial charge in [-0.1, -0.05) is 258 Å². The number of oxime groups is 2. The molecule has 0 radical (unpaired) electrons. The summed E-state index contributed by atoms with van der Waals surface area (Å²) < 4.78 is 1.06. The van der Waals surface area contributed by atoms with Gasteiger partial charge in [0.2, 0.25) is 0 Å². The molecular weight excluding hydrogens is 1940 g/mol. The average molecular weight is 2040 g/mol. The fourth-order valence-electron chi connectivity index (χ4n) is 13.6. The first-order valence-corrected chi connectivity index (χ1v) is 42.7. The van der Waals surface area contributed by atoms with Crippen molar-refractivity contribution in [2.45, 2.75) is 61.0 Å². The number of H-pyrrole nitrogens is 3. The number of imidazole rings is 3. The van der Waals surface area contributed by atoms with Gasteiger partial charge in [-0.05, 0) is 186 Å². The van der Waals surface area contributed by atoms with E-state index < -0.39 is 12.7 Å². The van der Waals surface area contributed by atoms with Crippen LogP contribution in [0.4, 0.5) is 28.4 Å². The number of aromatic amines is 3. The summed E-state index contributed by atoms with van der Waals surface area (Å²) in [6.07, 6.45) is 1.53. The number of anilines is 2. The number of aryl methyl sites for hydroxylation is 5. The normalized spacial score (nSPS) is 10.4. The Morgan fingerprint density at radius 3 is 1.07 bits per heavy atom. The largest absolute Gasteiger partial charge is 1.00 e. The van der Waals surface area contributed by atoms with Gasteiger partial charge in [0.15, 0.2) is 28.7 Å². The number of aldehydes is 2. The second-order valence-corrected chi connectivity index (χ2v) is 32.7. The number of nitrogens with one attached hydrogen (secondary N) is 5. The Morgan fingerprint density at radius 2 is 0.721 bits per heavy atom. The van der Waals surface area contributed by atoms with Crippen LogP contribution in [0.15, 0.2) is 300 Å². The average Bonchev–Trinajstić information content (AvgIpc) is 1.57.